The number of hydrogen-bond donors (Lipinski definition) is 2. The smallest absolute Gasteiger partial charge is 0.222 e. The molecule has 0 spiro atoms. The third-order valence-corrected chi connectivity index (χ3v) is 4.42. The molecule has 3 rings (SSSR count). The van der Waals surface area contributed by atoms with Crippen molar-refractivity contribution in [3.05, 3.63) is 18.0 Å². The Morgan fingerprint density at radius 1 is 1.36 bits per heavy atom. The molecule has 2 aromatic rings. The Labute approximate surface area is 130 Å². The van der Waals surface area contributed by atoms with E-state index in [0.29, 0.717) is 5.95 Å². The van der Waals surface area contributed by atoms with E-state index in [1.54, 1.807) is 4.68 Å². The van der Waals surface area contributed by atoms with Gasteiger partial charge in [0, 0.05) is 43.5 Å². The zero-order chi connectivity index (χ0) is 15.9. The van der Waals surface area contributed by atoms with Crippen molar-refractivity contribution in [2.24, 2.45) is 7.05 Å². The molecule has 1 saturated heterocycles. The molecule has 1 fully saturated rings. The van der Waals surface area contributed by atoms with Gasteiger partial charge in [-0.15, -0.1) is 0 Å². The molecule has 3 heterocycles. The molecule has 0 saturated carbocycles. The second-order valence-corrected chi connectivity index (χ2v) is 6.25. The van der Waals surface area contributed by atoms with Crippen molar-refractivity contribution in [2.75, 3.05) is 30.8 Å². The summed E-state index contributed by atoms with van der Waals surface area (Å²) >= 11 is 0. The maximum Gasteiger partial charge on any atom is 0.222 e. The SMILES string of the molecule is CNC1(C)CCN(c2cc(-c3cn(C)nc3C)nc(N)n2)C1. The molecule has 7 nitrogen and oxygen atoms in total. The van der Waals surface area contributed by atoms with Crippen LogP contribution in [-0.2, 0) is 7.05 Å². The van der Waals surface area contributed by atoms with Crippen LogP contribution in [0, 0.1) is 6.92 Å². The highest BCUT2D eigenvalue weighted by molar-refractivity contribution is 5.66. The Balaban J connectivity index is 1.96. The quantitative estimate of drug-likeness (QED) is 0.878. The van der Waals surface area contributed by atoms with Crippen LogP contribution in [0.5, 0.6) is 0 Å². The zero-order valence-electron chi connectivity index (χ0n) is 13.6. The van der Waals surface area contributed by atoms with Gasteiger partial charge in [0.2, 0.25) is 5.95 Å². The van der Waals surface area contributed by atoms with Crippen LogP contribution in [0.4, 0.5) is 11.8 Å². The molecule has 1 aliphatic heterocycles. The summed E-state index contributed by atoms with van der Waals surface area (Å²) in [4.78, 5) is 11.0. The first-order chi connectivity index (χ1) is 10.4. The van der Waals surface area contributed by atoms with Gasteiger partial charge in [-0.1, -0.05) is 0 Å². The van der Waals surface area contributed by atoms with Crippen LogP contribution in [0.3, 0.4) is 0 Å². The van der Waals surface area contributed by atoms with Crippen LogP contribution in [0.2, 0.25) is 0 Å². The van der Waals surface area contributed by atoms with E-state index in [1.165, 1.54) is 0 Å². The van der Waals surface area contributed by atoms with Crippen LogP contribution in [-0.4, -0.2) is 45.4 Å². The van der Waals surface area contributed by atoms with E-state index in [1.807, 2.05) is 33.3 Å². The van der Waals surface area contributed by atoms with E-state index < -0.39 is 0 Å². The molecule has 0 aromatic carbocycles. The topological polar surface area (TPSA) is 84.9 Å². The first-order valence-corrected chi connectivity index (χ1v) is 7.49. The number of aryl methyl sites for hydroxylation is 2. The number of likely N-dealkylation sites (N-methyl/N-ethyl adjacent to an activating group) is 1. The highest BCUT2D eigenvalue weighted by atomic mass is 15.3. The van der Waals surface area contributed by atoms with Gasteiger partial charge in [0.25, 0.3) is 0 Å². The van der Waals surface area contributed by atoms with E-state index in [2.05, 4.69) is 32.2 Å². The summed E-state index contributed by atoms with van der Waals surface area (Å²) in [5.41, 5.74) is 8.80. The van der Waals surface area contributed by atoms with E-state index >= 15 is 0 Å². The van der Waals surface area contributed by atoms with Crippen molar-refractivity contribution < 1.29 is 0 Å². The number of nitrogen functional groups attached to an aromatic ring is 1. The fraction of sp³-hybridized carbons (Fsp3) is 0.533. The summed E-state index contributed by atoms with van der Waals surface area (Å²) in [6, 6.07) is 2.00. The second-order valence-electron chi connectivity index (χ2n) is 6.25. The molecule has 1 atom stereocenters. The summed E-state index contributed by atoms with van der Waals surface area (Å²) in [6.07, 6.45) is 3.04. The van der Waals surface area contributed by atoms with Crippen LogP contribution in [0.25, 0.3) is 11.3 Å². The Kier molecular flexibility index (Phi) is 3.52. The predicted octanol–water partition coefficient (Wildman–Crippen LogP) is 0.956. The number of anilines is 2. The van der Waals surface area contributed by atoms with Crippen molar-refractivity contribution >= 4 is 11.8 Å². The molecule has 7 heteroatoms. The fourth-order valence-corrected chi connectivity index (χ4v) is 2.96. The summed E-state index contributed by atoms with van der Waals surface area (Å²) in [5, 5.41) is 7.76. The Morgan fingerprint density at radius 2 is 2.14 bits per heavy atom. The normalized spacial score (nSPS) is 21.5. The zero-order valence-corrected chi connectivity index (χ0v) is 13.6. The van der Waals surface area contributed by atoms with Crippen molar-refractivity contribution in [1.29, 1.82) is 0 Å². The molecule has 0 aliphatic carbocycles. The largest absolute Gasteiger partial charge is 0.368 e. The molecule has 1 unspecified atom stereocenters. The van der Waals surface area contributed by atoms with Crippen molar-refractivity contribution in [3.8, 4) is 11.3 Å². The average Bonchev–Trinajstić information content (AvgIpc) is 3.02. The van der Waals surface area contributed by atoms with Gasteiger partial charge in [0.1, 0.15) is 5.82 Å². The third kappa shape index (κ3) is 2.64. The summed E-state index contributed by atoms with van der Waals surface area (Å²) in [7, 11) is 3.91. The first-order valence-electron chi connectivity index (χ1n) is 7.49. The molecule has 2 aromatic heterocycles. The second kappa shape index (κ2) is 5.24. The van der Waals surface area contributed by atoms with E-state index in [4.69, 9.17) is 5.73 Å². The Bertz CT molecular complexity index is 693. The lowest BCUT2D eigenvalue weighted by Gasteiger charge is -2.24. The molecular weight excluding hydrogens is 278 g/mol. The first kappa shape index (κ1) is 14.8. The fourth-order valence-electron chi connectivity index (χ4n) is 2.96. The Hall–Kier alpha value is -2.15. The van der Waals surface area contributed by atoms with Gasteiger partial charge in [-0.25, -0.2) is 4.98 Å². The summed E-state index contributed by atoms with van der Waals surface area (Å²) in [5.74, 6) is 1.18. The van der Waals surface area contributed by atoms with E-state index in [9.17, 15) is 0 Å². The lowest BCUT2D eigenvalue weighted by molar-refractivity contribution is 0.428. The van der Waals surface area contributed by atoms with Gasteiger partial charge in [0.15, 0.2) is 0 Å². The third-order valence-electron chi connectivity index (χ3n) is 4.42. The van der Waals surface area contributed by atoms with Crippen molar-refractivity contribution in [1.82, 2.24) is 25.1 Å². The molecule has 0 radical (unpaired) electrons. The predicted molar refractivity (Wildman–Crippen MR) is 87.7 cm³/mol. The van der Waals surface area contributed by atoms with E-state index in [0.717, 1.165) is 42.3 Å². The van der Waals surface area contributed by atoms with Gasteiger partial charge >= 0.3 is 0 Å². The molecule has 22 heavy (non-hydrogen) atoms. The highest BCUT2D eigenvalue weighted by Gasteiger charge is 2.33. The van der Waals surface area contributed by atoms with Crippen molar-refractivity contribution in [3.63, 3.8) is 0 Å². The van der Waals surface area contributed by atoms with Gasteiger partial charge in [-0.2, -0.15) is 10.1 Å². The average molecular weight is 301 g/mol. The molecule has 118 valence electrons. The van der Waals surface area contributed by atoms with Crippen LogP contribution < -0.4 is 16.0 Å². The minimum Gasteiger partial charge on any atom is -0.368 e. The van der Waals surface area contributed by atoms with Crippen LogP contribution in [0.1, 0.15) is 19.0 Å². The molecule has 1 aliphatic rings. The minimum absolute atomic E-state index is 0.115. The van der Waals surface area contributed by atoms with E-state index in [-0.39, 0.29) is 5.54 Å². The van der Waals surface area contributed by atoms with Crippen LogP contribution >= 0.6 is 0 Å². The molecule has 0 amide bonds. The number of hydrogen-bond acceptors (Lipinski definition) is 6. The Morgan fingerprint density at radius 3 is 2.73 bits per heavy atom. The lowest BCUT2D eigenvalue weighted by Crippen LogP contribution is -2.42. The number of rotatable bonds is 3. The minimum atomic E-state index is 0.115. The number of nitrogens with two attached hydrogens (primary N) is 1. The van der Waals surface area contributed by atoms with Crippen LogP contribution in [0.15, 0.2) is 12.3 Å². The van der Waals surface area contributed by atoms with Gasteiger partial charge < -0.3 is 16.0 Å². The highest BCUT2D eigenvalue weighted by Crippen LogP contribution is 2.29. The lowest BCUT2D eigenvalue weighted by atomic mass is 10.0. The van der Waals surface area contributed by atoms with Crippen molar-refractivity contribution in [2.45, 2.75) is 25.8 Å². The number of nitrogens with zero attached hydrogens (tertiary/aromatic N) is 5. The summed E-state index contributed by atoms with van der Waals surface area (Å²) in [6.45, 7) is 6.07. The van der Waals surface area contributed by atoms with Gasteiger partial charge in [0.05, 0.1) is 11.4 Å². The molecule has 0 bridgehead atoms. The molecular formula is C15H23N7. The maximum atomic E-state index is 5.93. The standard InChI is InChI=1S/C15H23N7/c1-10-11(8-21(4)20-10)12-7-13(19-14(16)18-12)22-6-5-15(2,9-22)17-3/h7-8,17H,5-6,9H2,1-4H3,(H2,16,18,19). The molecule has 3 N–H and O–H groups in total. The van der Waals surface area contributed by atoms with Gasteiger partial charge in [-0.3, -0.25) is 4.68 Å². The van der Waals surface area contributed by atoms with Gasteiger partial charge in [-0.05, 0) is 27.3 Å². The summed E-state index contributed by atoms with van der Waals surface area (Å²) < 4.78 is 1.79. The number of nitrogens with one attached hydrogen (secondary N) is 1. The maximum absolute atomic E-state index is 5.93. The number of aromatic nitrogens is 4. The monoisotopic (exact) mass is 301 g/mol.